The van der Waals surface area contributed by atoms with Crippen molar-refractivity contribution in [1.29, 1.82) is 0 Å². The molecule has 2 aromatic rings. The molecule has 0 bridgehead atoms. The molecule has 5 heteroatoms. The Morgan fingerprint density at radius 3 is 2.71 bits per heavy atom. The number of nitrogens with zero attached hydrogens (tertiary/aromatic N) is 2. The average Bonchev–Trinajstić information content (AvgIpc) is 2.19. The van der Waals surface area contributed by atoms with Gasteiger partial charge >= 0.3 is 6.01 Å². The molecule has 0 aliphatic carbocycles. The first-order valence-corrected chi connectivity index (χ1v) is 4.07. The zero-order chi connectivity index (χ0) is 10.1. The molecule has 0 atom stereocenters. The molecule has 14 heavy (non-hydrogen) atoms. The van der Waals surface area contributed by atoms with Crippen LogP contribution in [0.4, 0.5) is 11.5 Å². The average molecular weight is 190 g/mol. The van der Waals surface area contributed by atoms with Crippen LogP contribution in [-0.4, -0.2) is 17.1 Å². The van der Waals surface area contributed by atoms with Crippen LogP contribution < -0.4 is 16.2 Å². The summed E-state index contributed by atoms with van der Waals surface area (Å²) in [5, 5.41) is 0.741. The zero-order valence-corrected chi connectivity index (χ0v) is 7.69. The van der Waals surface area contributed by atoms with Gasteiger partial charge in [-0.15, -0.1) is 0 Å². The van der Waals surface area contributed by atoms with Crippen molar-refractivity contribution in [2.45, 2.75) is 0 Å². The Morgan fingerprint density at radius 1 is 1.21 bits per heavy atom. The van der Waals surface area contributed by atoms with E-state index in [-0.39, 0.29) is 6.01 Å². The van der Waals surface area contributed by atoms with Crippen molar-refractivity contribution in [1.82, 2.24) is 9.97 Å². The van der Waals surface area contributed by atoms with Crippen LogP contribution in [0.5, 0.6) is 6.01 Å². The first-order chi connectivity index (χ1) is 6.70. The van der Waals surface area contributed by atoms with E-state index in [1.165, 1.54) is 7.11 Å². The van der Waals surface area contributed by atoms with Crippen LogP contribution in [0.2, 0.25) is 0 Å². The maximum Gasteiger partial charge on any atom is 0.318 e. The molecule has 72 valence electrons. The number of anilines is 2. The molecule has 0 spiro atoms. The molecule has 0 saturated heterocycles. The Morgan fingerprint density at radius 2 is 2.00 bits per heavy atom. The number of nitrogen functional groups attached to an aromatic ring is 2. The fourth-order valence-corrected chi connectivity index (χ4v) is 1.24. The lowest BCUT2D eigenvalue weighted by atomic mass is 10.2. The van der Waals surface area contributed by atoms with Crippen LogP contribution in [0.3, 0.4) is 0 Å². The molecule has 0 aliphatic rings. The Bertz CT molecular complexity index is 483. The summed E-state index contributed by atoms with van der Waals surface area (Å²) in [5.41, 5.74) is 12.7. The second kappa shape index (κ2) is 3.02. The Kier molecular flexibility index (Phi) is 1.85. The third-order valence-electron chi connectivity index (χ3n) is 1.91. The summed E-state index contributed by atoms with van der Waals surface area (Å²) in [5.74, 6) is 0.374. The number of hydrogen-bond acceptors (Lipinski definition) is 5. The van der Waals surface area contributed by atoms with Crippen molar-refractivity contribution in [3.63, 3.8) is 0 Å². The van der Waals surface area contributed by atoms with Gasteiger partial charge < -0.3 is 16.2 Å². The van der Waals surface area contributed by atoms with E-state index in [9.17, 15) is 0 Å². The Labute approximate surface area is 80.7 Å². The van der Waals surface area contributed by atoms with Crippen molar-refractivity contribution >= 4 is 22.4 Å². The van der Waals surface area contributed by atoms with Crippen LogP contribution in [-0.2, 0) is 0 Å². The summed E-state index contributed by atoms with van der Waals surface area (Å²) in [6.45, 7) is 0. The normalized spacial score (nSPS) is 10.4. The van der Waals surface area contributed by atoms with Crippen molar-refractivity contribution in [3.8, 4) is 6.01 Å². The minimum absolute atomic E-state index is 0.264. The molecular formula is C9H10N4O. The van der Waals surface area contributed by atoms with E-state index in [1.54, 1.807) is 18.2 Å². The zero-order valence-electron chi connectivity index (χ0n) is 7.69. The summed E-state index contributed by atoms with van der Waals surface area (Å²) in [6, 6.07) is 5.54. The van der Waals surface area contributed by atoms with E-state index in [1.807, 2.05) is 0 Å². The molecule has 1 aromatic carbocycles. The van der Waals surface area contributed by atoms with E-state index in [0.29, 0.717) is 11.5 Å². The highest BCUT2D eigenvalue weighted by atomic mass is 16.5. The molecule has 1 aromatic heterocycles. The first-order valence-electron chi connectivity index (χ1n) is 4.07. The van der Waals surface area contributed by atoms with Gasteiger partial charge in [-0.3, -0.25) is 0 Å². The first kappa shape index (κ1) is 8.55. The van der Waals surface area contributed by atoms with Crippen molar-refractivity contribution in [2.75, 3.05) is 18.6 Å². The fraction of sp³-hybridized carbons (Fsp3) is 0.111. The van der Waals surface area contributed by atoms with Crippen LogP contribution >= 0.6 is 0 Å². The molecule has 0 fully saturated rings. The molecule has 2 rings (SSSR count). The largest absolute Gasteiger partial charge is 0.467 e. The van der Waals surface area contributed by atoms with Crippen LogP contribution in [0.15, 0.2) is 18.2 Å². The van der Waals surface area contributed by atoms with Crippen LogP contribution in [0.1, 0.15) is 0 Å². The number of rotatable bonds is 1. The van der Waals surface area contributed by atoms with E-state index in [4.69, 9.17) is 16.2 Å². The van der Waals surface area contributed by atoms with Crippen molar-refractivity contribution in [3.05, 3.63) is 18.2 Å². The second-order valence-corrected chi connectivity index (χ2v) is 2.87. The molecule has 0 amide bonds. The number of fused-ring (bicyclic) bond motifs is 1. The summed E-state index contributed by atoms with van der Waals surface area (Å²) < 4.78 is 4.90. The van der Waals surface area contributed by atoms with Crippen molar-refractivity contribution < 1.29 is 4.74 Å². The van der Waals surface area contributed by atoms with E-state index >= 15 is 0 Å². The summed E-state index contributed by atoms with van der Waals surface area (Å²) >= 11 is 0. The molecular weight excluding hydrogens is 180 g/mol. The molecule has 4 N–H and O–H groups in total. The molecule has 0 unspecified atom stereocenters. The van der Waals surface area contributed by atoms with Crippen LogP contribution in [0, 0.1) is 0 Å². The molecule has 5 nitrogen and oxygen atoms in total. The summed E-state index contributed by atoms with van der Waals surface area (Å²) in [6.07, 6.45) is 0. The predicted octanol–water partition coefficient (Wildman–Crippen LogP) is 0.803. The van der Waals surface area contributed by atoms with Gasteiger partial charge in [0.15, 0.2) is 0 Å². The van der Waals surface area contributed by atoms with E-state index in [0.717, 1.165) is 10.9 Å². The predicted molar refractivity (Wildman–Crippen MR) is 54.9 cm³/mol. The molecule has 1 heterocycles. The second-order valence-electron chi connectivity index (χ2n) is 2.87. The lowest BCUT2D eigenvalue weighted by Gasteiger charge is -2.04. The summed E-state index contributed by atoms with van der Waals surface area (Å²) in [4.78, 5) is 8.08. The van der Waals surface area contributed by atoms with E-state index < -0.39 is 0 Å². The van der Waals surface area contributed by atoms with Gasteiger partial charge in [-0.1, -0.05) is 0 Å². The van der Waals surface area contributed by atoms with Crippen molar-refractivity contribution in [2.24, 2.45) is 0 Å². The highest BCUT2D eigenvalue weighted by Gasteiger charge is 2.04. The minimum Gasteiger partial charge on any atom is -0.467 e. The van der Waals surface area contributed by atoms with Gasteiger partial charge in [-0.05, 0) is 18.2 Å². The standard InChI is InChI=1S/C9H10N4O/c1-14-9-12-7-3-2-5(10)4-6(7)8(11)13-9/h2-4H,10H2,1H3,(H2,11,12,13). The van der Waals surface area contributed by atoms with Gasteiger partial charge in [0.05, 0.1) is 12.6 Å². The number of benzene rings is 1. The summed E-state index contributed by atoms with van der Waals surface area (Å²) in [7, 11) is 1.50. The Balaban J connectivity index is 2.76. The van der Waals surface area contributed by atoms with Gasteiger partial charge in [-0.25, -0.2) is 0 Å². The lowest BCUT2D eigenvalue weighted by Crippen LogP contribution is -1.99. The van der Waals surface area contributed by atoms with Gasteiger partial charge in [0.2, 0.25) is 0 Å². The lowest BCUT2D eigenvalue weighted by molar-refractivity contribution is 0.382. The molecule has 0 radical (unpaired) electrons. The smallest absolute Gasteiger partial charge is 0.318 e. The quantitative estimate of drug-likeness (QED) is 0.649. The number of hydrogen-bond donors (Lipinski definition) is 2. The molecule has 0 saturated carbocycles. The number of ether oxygens (including phenoxy) is 1. The maximum atomic E-state index is 5.71. The topological polar surface area (TPSA) is 87.0 Å². The molecule has 0 aliphatic heterocycles. The number of aromatic nitrogens is 2. The maximum absolute atomic E-state index is 5.71. The fourth-order valence-electron chi connectivity index (χ4n) is 1.24. The minimum atomic E-state index is 0.264. The van der Waals surface area contributed by atoms with Gasteiger partial charge in [0.25, 0.3) is 0 Å². The number of nitrogens with two attached hydrogens (primary N) is 2. The van der Waals surface area contributed by atoms with Gasteiger partial charge in [0, 0.05) is 11.1 Å². The highest BCUT2D eigenvalue weighted by molar-refractivity contribution is 5.90. The highest BCUT2D eigenvalue weighted by Crippen LogP contribution is 2.22. The Hall–Kier alpha value is -2.04. The third kappa shape index (κ3) is 1.28. The number of methoxy groups -OCH3 is 1. The van der Waals surface area contributed by atoms with Crippen LogP contribution in [0.25, 0.3) is 10.9 Å². The SMILES string of the molecule is COc1nc(N)c2cc(N)ccc2n1. The van der Waals surface area contributed by atoms with Gasteiger partial charge in [-0.2, -0.15) is 9.97 Å². The van der Waals surface area contributed by atoms with E-state index in [2.05, 4.69) is 9.97 Å². The van der Waals surface area contributed by atoms with Gasteiger partial charge in [0.1, 0.15) is 5.82 Å². The monoisotopic (exact) mass is 190 g/mol. The third-order valence-corrected chi connectivity index (χ3v) is 1.91.